The van der Waals surface area contributed by atoms with Crippen LogP contribution in [0, 0.1) is 0 Å². The van der Waals surface area contributed by atoms with E-state index in [4.69, 9.17) is 0 Å². The molecule has 0 aromatic heterocycles. The minimum Gasteiger partial charge on any atom is -0.131 e. The third kappa shape index (κ3) is 4.60. The Bertz CT molecular complexity index is 39.2. The molecule has 0 heterocycles. The molecule has 0 saturated carbocycles. The molecule has 0 spiro atoms. The Morgan fingerprint density at radius 3 is 2.50 bits per heavy atom. The van der Waals surface area contributed by atoms with Crippen molar-refractivity contribution in [1.29, 1.82) is 0 Å². The first kappa shape index (κ1) is 6.60. The van der Waals surface area contributed by atoms with Crippen LogP contribution in [0.15, 0.2) is 0 Å². The van der Waals surface area contributed by atoms with E-state index in [1.807, 2.05) is 0 Å². The standard InChI is InChI=1S/C5H11I/c1-3-4-5-6-2/h5H,3-4H2,1-2H3. The molecular weight excluding hydrogens is 187 g/mol. The number of rotatable bonds is 2. The number of hydrogen-bond acceptors (Lipinski definition) is 0. The molecule has 1 heteroatoms. The second-order valence-corrected chi connectivity index (χ2v) is 3.29. The zero-order chi connectivity index (χ0) is 4.83. The normalized spacial score (nSPS) is 11.7. The van der Waals surface area contributed by atoms with Crippen LogP contribution >= 0.6 is 20.7 Å². The van der Waals surface area contributed by atoms with Crippen molar-refractivity contribution >= 4 is 24.7 Å². The van der Waals surface area contributed by atoms with Crippen molar-refractivity contribution in [2.45, 2.75) is 19.8 Å². The topological polar surface area (TPSA) is 0 Å². The summed E-state index contributed by atoms with van der Waals surface area (Å²) < 4.78 is 2.42. The number of unbranched alkanes of at least 4 members (excludes halogenated alkanes) is 1. The zero-order valence-electron chi connectivity index (χ0n) is 4.37. The summed E-state index contributed by atoms with van der Waals surface area (Å²) in [5, 5.41) is 0. The Kier molecular flexibility index (Phi) is 6.16. The molecule has 0 saturated heterocycles. The largest absolute Gasteiger partial charge is 0.131 e. The zero-order valence-corrected chi connectivity index (χ0v) is 6.53. The highest BCUT2D eigenvalue weighted by atomic mass is 127. The molecule has 0 aromatic rings. The van der Waals surface area contributed by atoms with Gasteiger partial charge in [-0.05, 0) is 11.4 Å². The van der Waals surface area contributed by atoms with Crippen LogP contribution in [0.25, 0.3) is 0 Å². The van der Waals surface area contributed by atoms with Gasteiger partial charge < -0.3 is 0 Å². The molecule has 38 valence electrons. The van der Waals surface area contributed by atoms with E-state index in [1.54, 1.807) is 0 Å². The maximum Gasteiger partial charge on any atom is -0.0172 e. The van der Waals surface area contributed by atoms with Gasteiger partial charge in [-0.3, -0.25) is 0 Å². The van der Waals surface area contributed by atoms with Gasteiger partial charge in [0.25, 0.3) is 0 Å². The summed E-state index contributed by atoms with van der Waals surface area (Å²) in [6, 6.07) is 0. The van der Waals surface area contributed by atoms with Gasteiger partial charge in [0.2, 0.25) is 0 Å². The summed E-state index contributed by atoms with van der Waals surface area (Å²) in [5.74, 6) is 0. The van der Waals surface area contributed by atoms with Gasteiger partial charge in [0.05, 0.1) is 0 Å². The van der Waals surface area contributed by atoms with Crippen molar-refractivity contribution in [2.75, 3.05) is 4.93 Å². The monoisotopic (exact) mass is 198 g/mol. The smallest absolute Gasteiger partial charge is 0.0172 e. The molecule has 0 fully saturated rings. The van der Waals surface area contributed by atoms with E-state index in [-0.39, 0.29) is 0 Å². The van der Waals surface area contributed by atoms with E-state index in [0.29, 0.717) is 20.7 Å². The van der Waals surface area contributed by atoms with E-state index in [0.717, 1.165) is 0 Å². The molecule has 0 aliphatic carbocycles. The SMILES string of the molecule is CCC/C=I\C. The first-order valence-corrected chi connectivity index (χ1v) is 5.61. The molecule has 0 nitrogen and oxygen atoms in total. The fraction of sp³-hybridized carbons (Fsp3) is 0.800. The van der Waals surface area contributed by atoms with Crippen LogP contribution in [0.2, 0.25) is 0 Å². The second-order valence-electron chi connectivity index (χ2n) is 1.16. The van der Waals surface area contributed by atoms with Crippen molar-refractivity contribution in [3.8, 4) is 0 Å². The van der Waals surface area contributed by atoms with Crippen LogP contribution in [0.5, 0.6) is 0 Å². The van der Waals surface area contributed by atoms with Gasteiger partial charge >= 0.3 is 0 Å². The van der Waals surface area contributed by atoms with E-state index >= 15 is 0 Å². The van der Waals surface area contributed by atoms with Gasteiger partial charge in [0, 0.05) is 0 Å². The van der Waals surface area contributed by atoms with Crippen molar-refractivity contribution in [3.63, 3.8) is 0 Å². The molecule has 0 aliphatic rings. The molecule has 0 radical (unpaired) electrons. The van der Waals surface area contributed by atoms with E-state index < -0.39 is 0 Å². The van der Waals surface area contributed by atoms with Gasteiger partial charge in [-0.2, -0.15) is 0 Å². The fourth-order valence-electron chi connectivity index (χ4n) is 0.218. The Morgan fingerprint density at radius 2 is 2.33 bits per heavy atom. The highest BCUT2D eigenvalue weighted by Crippen LogP contribution is 1.88. The van der Waals surface area contributed by atoms with Gasteiger partial charge in [-0.1, -0.05) is 17.4 Å². The molecule has 0 unspecified atom stereocenters. The molecular formula is C5H11I. The summed E-state index contributed by atoms with van der Waals surface area (Å²) in [6.45, 7) is 2.22. The molecule has 0 rings (SSSR count). The third-order valence-corrected chi connectivity index (χ3v) is 2.06. The lowest BCUT2D eigenvalue weighted by Crippen LogP contribution is -1.62. The Hall–Kier alpha value is 0.600. The fourth-order valence-corrected chi connectivity index (χ4v) is 1.46. The molecule has 0 N–H and O–H groups in total. The second kappa shape index (κ2) is 5.60. The van der Waals surface area contributed by atoms with Crippen LogP contribution in [0.4, 0.5) is 0 Å². The lowest BCUT2D eigenvalue weighted by molar-refractivity contribution is 1.02. The molecule has 0 atom stereocenters. The predicted molar refractivity (Wildman–Crippen MR) is 40.9 cm³/mol. The maximum absolute atomic E-state index is 2.42. The molecule has 0 aliphatic heterocycles. The van der Waals surface area contributed by atoms with Crippen LogP contribution < -0.4 is 0 Å². The van der Waals surface area contributed by atoms with Crippen molar-refractivity contribution in [1.82, 2.24) is 0 Å². The van der Waals surface area contributed by atoms with Gasteiger partial charge in [-0.25, -0.2) is 0 Å². The van der Waals surface area contributed by atoms with Gasteiger partial charge in [0.1, 0.15) is 0 Å². The number of hydrogen-bond donors (Lipinski definition) is 0. The quantitative estimate of drug-likeness (QED) is 0.471. The van der Waals surface area contributed by atoms with E-state index in [2.05, 4.69) is 15.9 Å². The van der Waals surface area contributed by atoms with Crippen LogP contribution in [0.1, 0.15) is 19.8 Å². The Morgan fingerprint density at radius 1 is 1.67 bits per heavy atom. The van der Waals surface area contributed by atoms with Crippen LogP contribution in [0.3, 0.4) is 0 Å². The number of alkyl halides is 1. The van der Waals surface area contributed by atoms with E-state index in [1.165, 1.54) is 12.8 Å². The summed E-state index contributed by atoms with van der Waals surface area (Å²) in [7, 11) is 0. The Labute approximate surface area is 49.7 Å². The van der Waals surface area contributed by atoms with Crippen molar-refractivity contribution in [2.24, 2.45) is 0 Å². The average molecular weight is 198 g/mol. The first-order valence-electron chi connectivity index (χ1n) is 2.21. The van der Waals surface area contributed by atoms with Crippen LogP contribution in [-0.4, -0.2) is 8.94 Å². The lowest BCUT2D eigenvalue weighted by Gasteiger charge is -1.75. The highest BCUT2D eigenvalue weighted by molar-refractivity contribution is 14.2. The molecule has 0 aromatic carbocycles. The summed E-state index contributed by atoms with van der Waals surface area (Å²) in [6.07, 6.45) is 2.66. The highest BCUT2D eigenvalue weighted by Gasteiger charge is 1.65. The Balaban J connectivity index is 2.66. The minimum absolute atomic E-state index is 0.476. The third-order valence-electron chi connectivity index (χ3n) is 0.552. The summed E-state index contributed by atoms with van der Waals surface area (Å²) in [5.41, 5.74) is 0. The van der Waals surface area contributed by atoms with Crippen molar-refractivity contribution < 1.29 is 0 Å². The summed E-state index contributed by atoms with van der Waals surface area (Å²) in [4.78, 5) is 2.29. The molecule has 0 bridgehead atoms. The molecule has 6 heavy (non-hydrogen) atoms. The maximum atomic E-state index is 2.42. The van der Waals surface area contributed by atoms with Crippen LogP contribution in [-0.2, 0) is 0 Å². The number of halogens is 1. The van der Waals surface area contributed by atoms with Gasteiger partial charge in [-0.15, -0.1) is 20.7 Å². The average Bonchev–Trinajstić information content (AvgIpc) is 1.61. The predicted octanol–water partition coefficient (Wildman–Crippen LogP) is 2.19. The van der Waals surface area contributed by atoms with Crippen molar-refractivity contribution in [3.05, 3.63) is 0 Å². The molecule has 0 amide bonds. The lowest BCUT2D eigenvalue weighted by atomic mass is 10.4. The first-order chi connectivity index (χ1) is 2.91. The van der Waals surface area contributed by atoms with E-state index in [9.17, 15) is 0 Å². The minimum atomic E-state index is 0.476. The van der Waals surface area contributed by atoms with Gasteiger partial charge in [0.15, 0.2) is 0 Å². The summed E-state index contributed by atoms with van der Waals surface area (Å²) >= 11 is 0.476.